The van der Waals surface area contributed by atoms with Crippen LogP contribution in [0.3, 0.4) is 0 Å². The van der Waals surface area contributed by atoms with Crippen LogP contribution in [-0.4, -0.2) is 32.6 Å². The lowest BCUT2D eigenvalue weighted by Gasteiger charge is -2.06. The lowest BCUT2D eigenvalue weighted by atomic mass is 10.2. The summed E-state index contributed by atoms with van der Waals surface area (Å²) in [4.78, 5) is 11.7. The van der Waals surface area contributed by atoms with E-state index in [0.717, 1.165) is 11.3 Å². The first-order valence-electron chi connectivity index (χ1n) is 7.73. The van der Waals surface area contributed by atoms with Gasteiger partial charge in [-0.05, 0) is 48.0 Å². The second-order valence-corrected chi connectivity index (χ2v) is 5.18. The van der Waals surface area contributed by atoms with Crippen LogP contribution in [0.5, 0.6) is 23.0 Å². The lowest BCUT2D eigenvalue weighted by Crippen LogP contribution is -2.19. The molecule has 7 heteroatoms. The number of amides is 1. The van der Waals surface area contributed by atoms with E-state index in [9.17, 15) is 4.79 Å². The maximum Gasteiger partial charge on any atom is 0.243 e. The summed E-state index contributed by atoms with van der Waals surface area (Å²) in [6, 6.07) is 12.6. The van der Waals surface area contributed by atoms with E-state index < -0.39 is 0 Å². The summed E-state index contributed by atoms with van der Waals surface area (Å²) < 4.78 is 21.1. The molecule has 0 saturated carbocycles. The van der Waals surface area contributed by atoms with E-state index in [4.69, 9.17) is 18.9 Å². The van der Waals surface area contributed by atoms with Crippen LogP contribution in [0.15, 0.2) is 47.6 Å². The van der Waals surface area contributed by atoms with Crippen LogP contribution in [0.2, 0.25) is 0 Å². The molecule has 1 amide bonds. The minimum absolute atomic E-state index is 0.199. The van der Waals surface area contributed by atoms with Gasteiger partial charge in [-0.3, -0.25) is 4.79 Å². The first kappa shape index (κ1) is 16.6. The zero-order valence-electron chi connectivity index (χ0n) is 13.7. The van der Waals surface area contributed by atoms with Crippen LogP contribution in [0.25, 0.3) is 0 Å². The Balaban J connectivity index is 1.40. The molecule has 0 unspecified atom stereocenters. The number of hydrogen-bond acceptors (Lipinski definition) is 6. The van der Waals surface area contributed by atoms with Gasteiger partial charge >= 0.3 is 0 Å². The Hall–Kier alpha value is -3.22. The van der Waals surface area contributed by atoms with Crippen LogP contribution in [0.1, 0.15) is 12.0 Å². The highest BCUT2D eigenvalue weighted by Crippen LogP contribution is 2.31. The third-order valence-electron chi connectivity index (χ3n) is 3.46. The summed E-state index contributed by atoms with van der Waals surface area (Å²) in [6.07, 6.45) is 1.74. The molecule has 0 atom stereocenters. The quantitative estimate of drug-likeness (QED) is 0.617. The number of methoxy groups -OCH3 is 1. The Morgan fingerprint density at radius 2 is 1.92 bits per heavy atom. The van der Waals surface area contributed by atoms with E-state index in [1.165, 1.54) is 0 Å². The van der Waals surface area contributed by atoms with Crippen LogP contribution in [0, 0.1) is 0 Å². The number of nitrogens with zero attached hydrogens (tertiary/aromatic N) is 1. The number of nitrogens with one attached hydrogen (secondary N) is 1. The fourth-order valence-corrected chi connectivity index (χ4v) is 2.16. The van der Waals surface area contributed by atoms with Gasteiger partial charge in [0, 0.05) is 0 Å². The molecule has 25 heavy (non-hydrogen) atoms. The highest BCUT2D eigenvalue weighted by molar-refractivity contribution is 5.83. The van der Waals surface area contributed by atoms with E-state index in [1.54, 1.807) is 49.7 Å². The van der Waals surface area contributed by atoms with Crippen molar-refractivity contribution in [1.82, 2.24) is 5.43 Å². The molecule has 3 rings (SSSR count). The summed E-state index contributed by atoms with van der Waals surface area (Å²) in [5, 5.41) is 3.92. The van der Waals surface area contributed by atoms with Crippen molar-refractivity contribution in [2.24, 2.45) is 5.10 Å². The average molecular weight is 342 g/mol. The molecule has 1 heterocycles. The van der Waals surface area contributed by atoms with Crippen molar-refractivity contribution in [3.05, 3.63) is 48.0 Å². The number of carbonyl (C=O) groups is 1. The monoisotopic (exact) mass is 342 g/mol. The van der Waals surface area contributed by atoms with Crippen LogP contribution >= 0.6 is 0 Å². The predicted octanol–water partition coefficient (Wildman–Crippen LogP) is 2.34. The van der Waals surface area contributed by atoms with Crippen molar-refractivity contribution in [1.29, 1.82) is 0 Å². The second kappa shape index (κ2) is 8.05. The van der Waals surface area contributed by atoms with Gasteiger partial charge in [-0.15, -0.1) is 0 Å². The number of benzene rings is 2. The minimum atomic E-state index is -0.231. The molecule has 0 bridgehead atoms. The molecule has 2 aromatic carbocycles. The SMILES string of the molecule is COc1ccc(OCCC(=O)NN=Cc2ccc3c(c2)OCO3)cc1. The maximum atomic E-state index is 11.7. The van der Waals surface area contributed by atoms with Crippen molar-refractivity contribution in [3.63, 3.8) is 0 Å². The molecule has 0 spiro atoms. The molecule has 7 nitrogen and oxygen atoms in total. The van der Waals surface area contributed by atoms with Gasteiger partial charge in [0.25, 0.3) is 0 Å². The summed E-state index contributed by atoms with van der Waals surface area (Å²) in [5.41, 5.74) is 3.27. The zero-order valence-corrected chi connectivity index (χ0v) is 13.7. The van der Waals surface area contributed by atoms with E-state index in [-0.39, 0.29) is 25.7 Å². The molecule has 1 aliphatic rings. The standard InChI is InChI=1S/C18H18N2O5/c1-22-14-3-5-15(6-4-14)23-9-8-18(21)20-19-11-13-2-7-16-17(10-13)25-12-24-16/h2-7,10-11H,8-9,12H2,1H3,(H,20,21). The Labute approximate surface area is 145 Å². The lowest BCUT2D eigenvalue weighted by molar-refractivity contribution is -0.121. The number of rotatable bonds is 7. The summed E-state index contributed by atoms with van der Waals surface area (Å²) in [5.74, 6) is 2.57. The molecule has 1 N–H and O–H groups in total. The molecular weight excluding hydrogens is 324 g/mol. The summed E-state index contributed by atoms with van der Waals surface area (Å²) in [7, 11) is 1.60. The summed E-state index contributed by atoms with van der Waals surface area (Å²) >= 11 is 0. The number of fused-ring (bicyclic) bond motifs is 1. The van der Waals surface area contributed by atoms with Gasteiger partial charge in [-0.1, -0.05) is 0 Å². The fourth-order valence-electron chi connectivity index (χ4n) is 2.16. The molecule has 0 aliphatic carbocycles. The van der Waals surface area contributed by atoms with E-state index in [0.29, 0.717) is 17.2 Å². The van der Waals surface area contributed by atoms with E-state index in [2.05, 4.69) is 10.5 Å². The average Bonchev–Trinajstić information content (AvgIpc) is 3.10. The molecule has 0 fully saturated rings. The summed E-state index contributed by atoms with van der Waals surface area (Å²) in [6.45, 7) is 0.485. The van der Waals surface area contributed by atoms with Crippen molar-refractivity contribution < 1.29 is 23.7 Å². The van der Waals surface area contributed by atoms with Gasteiger partial charge < -0.3 is 18.9 Å². The second-order valence-electron chi connectivity index (χ2n) is 5.18. The smallest absolute Gasteiger partial charge is 0.243 e. The topological polar surface area (TPSA) is 78.4 Å². The van der Waals surface area contributed by atoms with Gasteiger partial charge in [0.15, 0.2) is 11.5 Å². The first-order chi connectivity index (χ1) is 12.2. The van der Waals surface area contributed by atoms with Crippen molar-refractivity contribution in [2.75, 3.05) is 20.5 Å². The van der Waals surface area contributed by atoms with Crippen molar-refractivity contribution in [3.8, 4) is 23.0 Å². The normalized spacial score (nSPS) is 12.2. The largest absolute Gasteiger partial charge is 0.497 e. The number of carbonyl (C=O) groups excluding carboxylic acids is 1. The Morgan fingerprint density at radius 3 is 2.72 bits per heavy atom. The third kappa shape index (κ3) is 4.63. The van der Waals surface area contributed by atoms with Gasteiger partial charge in [0.2, 0.25) is 12.7 Å². The van der Waals surface area contributed by atoms with Gasteiger partial charge in [-0.25, -0.2) is 5.43 Å². The Kier molecular flexibility index (Phi) is 5.36. The molecule has 0 saturated heterocycles. The van der Waals surface area contributed by atoms with Gasteiger partial charge in [0.05, 0.1) is 26.4 Å². The van der Waals surface area contributed by atoms with Crippen molar-refractivity contribution in [2.45, 2.75) is 6.42 Å². The van der Waals surface area contributed by atoms with Crippen LogP contribution < -0.4 is 24.4 Å². The van der Waals surface area contributed by atoms with E-state index >= 15 is 0 Å². The maximum absolute atomic E-state index is 11.7. The number of hydrogen-bond donors (Lipinski definition) is 1. The molecule has 1 aliphatic heterocycles. The molecule has 0 aromatic heterocycles. The van der Waals surface area contributed by atoms with Gasteiger partial charge in [-0.2, -0.15) is 5.10 Å². The Morgan fingerprint density at radius 1 is 1.16 bits per heavy atom. The fraction of sp³-hybridized carbons (Fsp3) is 0.222. The minimum Gasteiger partial charge on any atom is -0.497 e. The molecule has 0 radical (unpaired) electrons. The first-order valence-corrected chi connectivity index (χ1v) is 7.73. The Bertz CT molecular complexity index is 759. The molecule has 130 valence electrons. The molecule has 2 aromatic rings. The molecular formula is C18H18N2O5. The van der Waals surface area contributed by atoms with Crippen LogP contribution in [-0.2, 0) is 4.79 Å². The van der Waals surface area contributed by atoms with Crippen molar-refractivity contribution >= 4 is 12.1 Å². The van der Waals surface area contributed by atoms with E-state index in [1.807, 2.05) is 6.07 Å². The number of ether oxygens (including phenoxy) is 4. The van der Waals surface area contributed by atoms with Crippen LogP contribution in [0.4, 0.5) is 0 Å². The third-order valence-corrected chi connectivity index (χ3v) is 3.46. The highest BCUT2D eigenvalue weighted by Gasteiger charge is 2.12. The highest BCUT2D eigenvalue weighted by atomic mass is 16.7. The zero-order chi connectivity index (χ0) is 17.5. The van der Waals surface area contributed by atoms with Gasteiger partial charge in [0.1, 0.15) is 11.5 Å². The number of hydrazone groups is 1. The predicted molar refractivity (Wildman–Crippen MR) is 91.4 cm³/mol.